The largest absolute Gasteiger partial charge is 1.00 e. The van der Waals surface area contributed by atoms with Crippen LogP contribution in [0.15, 0.2) is 173 Å². The van der Waals surface area contributed by atoms with E-state index in [4.69, 9.17) is 0 Å². The summed E-state index contributed by atoms with van der Waals surface area (Å²) >= 11 is 0. The Bertz CT molecular complexity index is 3800. The number of benzene rings is 8. The molecular formula is C44H32Cu2N6Na4O16S4+4. The van der Waals surface area contributed by atoms with Gasteiger partial charge in [0.25, 0.3) is 40.5 Å². The summed E-state index contributed by atoms with van der Waals surface area (Å²) in [6.07, 6.45) is 0. The van der Waals surface area contributed by atoms with E-state index in [9.17, 15) is 72.3 Å². The molecule has 0 saturated carbocycles. The van der Waals surface area contributed by atoms with Crippen LogP contribution in [0.3, 0.4) is 0 Å². The van der Waals surface area contributed by atoms with E-state index in [2.05, 4.69) is 31.1 Å². The Morgan fingerprint density at radius 3 is 1.03 bits per heavy atom. The van der Waals surface area contributed by atoms with Crippen molar-refractivity contribution in [2.45, 2.75) is 19.6 Å². The molecule has 8 rings (SSSR count). The Balaban J connectivity index is 0.00000329. The molecule has 0 atom stereocenters. The van der Waals surface area contributed by atoms with Gasteiger partial charge in [0.15, 0.2) is 11.5 Å². The standard InChI is InChI=1S/C44H32N6O16S4.2Cu.4Na/c51-37-15-23(9-13-35(37)47-49-41-39(69(61,62)63)17-25-7-11-29(21-33(25)43(41)53)45-27-3-1-5-31(19-27)67(55,56)57)24-10-14-36(38(52)16-24)48-50-42-40(70(64,65)66)18-26-8-12-30(22-34(26)44(42)54)46-28-4-2-6-32(20-28)68(58,59)60;;;;;;/h1-22,45-46,51-54H,(H,55,56,57)(H,58,59,60)(H,61,62,63)(H,64,65,66);;;;;;/q;;;4*+1. The van der Waals surface area contributed by atoms with Crippen LogP contribution in [-0.2, 0) is 74.6 Å². The van der Waals surface area contributed by atoms with E-state index in [1.54, 1.807) is 0 Å². The Labute approximate surface area is 543 Å². The van der Waals surface area contributed by atoms with Crippen molar-refractivity contribution in [2.24, 2.45) is 20.5 Å². The molecule has 8 aromatic carbocycles. The molecular weight excluding hydrogens is 1220 g/mol. The van der Waals surface area contributed by atoms with Crippen LogP contribution in [0, 0.1) is 0 Å². The number of nitrogens with zero attached hydrogens (tertiary/aromatic N) is 4. The van der Waals surface area contributed by atoms with Gasteiger partial charge in [-0.15, -0.1) is 20.5 Å². The van der Waals surface area contributed by atoms with Crippen LogP contribution in [0.25, 0.3) is 32.7 Å². The summed E-state index contributed by atoms with van der Waals surface area (Å²) in [7, 11) is -19.1. The molecule has 10 N–H and O–H groups in total. The summed E-state index contributed by atoms with van der Waals surface area (Å²) in [5.74, 6) is -2.54. The molecule has 0 aliphatic heterocycles. The van der Waals surface area contributed by atoms with Crippen molar-refractivity contribution in [3.63, 3.8) is 0 Å². The van der Waals surface area contributed by atoms with Crippen molar-refractivity contribution in [1.82, 2.24) is 0 Å². The predicted octanol–water partition coefficient (Wildman–Crippen LogP) is -2.20. The van der Waals surface area contributed by atoms with Gasteiger partial charge in [-0.2, -0.15) is 33.7 Å². The van der Waals surface area contributed by atoms with Gasteiger partial charge in [-0.3, -0.25) is 18.2 Å². The number of hydrogen-bond acceptors (Lipinski definition) is 18. The number of aromatic hydroxyl groups is 4. The molecule has 8 aromatic rings. The zero-order chi connectivity index (χ0) is 50.5. The van der Waals surface area contributed by atoms with Gasteiger partial charge in [0.05, 0.1) is 9.79 Å². The maximum Gasteiger partial charge on any atom is 1.00 e. The van der Waals surface area contributed by atoms with Gasteiger partial charge in [0.1, 0.15) is 44.0 Å². The quantitative estimate of drug-likeness (QED) is 0.0333. The van der Waals surface area contributed by atoms with Crippen molar-refractivity contribution in [3.05, 3.63) is 133 Å². The van der Waals surface area contributed by atoms with Gasteiger partial charge < -0.3 is 31.1 Å². The summed E-state index contributed by atoms with van der Waals surface area (Å²) in [6.45, 7) is 0. The molecule has 0 fully saturated rings. The maximum absolute atomic E-state index is 12.4. The third-order valence-corrected chi connectivity index (χ3v) is 13.7. The topological polar surface area (TPSA) is 372 Å². The average molecular weight is 1250 g/mol. The van der Waals surface area contributed by atoms with Gasteiger partial charge in [-0.25, -0.2) is 0 Å². The summed E-state index contributed by atoms with van der Waals surface area (Å²) in [6, 6.07) is 28.6. The van der Waals surface area contributed by atoms with E-state index in [0.29, 0.717) is 0 Å². The van der Waals surface area contributed by atoms with Crippen LogP contribution in [0.4, 0.5) is 45.5 Å². The Kier molecular flexibility index (Phi) is 24.9. The minimum atomic E-state index is -5.03. The van der Waals surface area contributed by atoms with Gasteiger partial charge in [-0.05, 0) is 119 Å². The van der Waals surface area contributed by atoms with E-state index in [0.717, 1.165) is 24.3 Å². The van der Waals surface area contributed by atoms with E-state index < -0.39 is 94.4 Å². The first-order valence-corrected chi connectivity index (χ1v) is 25.3. The van der Waals surface area contributed by atoms with Gasteiger partial charge in [-0.1, -0.05) is 36.4 Å². The van der Waals surface area contributed by atoms with Crippen molar-refractivity contribution in [3.8, 4) is 34.1 Å². The number of rotatable bonds is 13. The Morgan fingerprint density at radius 2 is 0.711 bits per heavy atom. The molecule has 22 nitrogen and oxygen atoms in total. The summed E-state index contributed by atoms with van der Waals surface area (Å²) < 4.78 is 135. The van der Waals surface area contributed by atoms with Gasteiger partial charge >= 0.3 is 118 Å². The first kappa shape index (κ1) is 69.1. The average Bonchev–Trinajstić information content (AvgIpc) is 3.28. The Hall–Kier alpha value is -3.04. The molecule has 2 radical (unpaired) electrons. The van der Waals surface area contributed by atoms with Crippen LogP contribution >= 0.6 is 0 Å². The molecule has 0 amide bonds. The van der Waals surface area contributed by atoms with E-state index in [1.807, 2.05) is 0 Å². The van der Waals surface area contributed by atoms with Crippen molar-refractivity contribution >= 4 is 108 Å². The van der Waals surface area contributed by atoms with E-state index in [1.165, 1.54) is 109 Å². The third-order valence-electron chi connectivity index (χ3n) is 10.3. The minimum Gasteiger partial charge on any atom is -0.506 e. The van der Waals surface area contributed by atoms with Crippen LogP contribution in [0.1, 0.15) is 0 Å². The number of azo groups is 2. The fourth-order valence-corrected chi connectivity index (χ4v) is 9.38. The molecule has 0 aromatic heterocycles. The third kappa shape index (κ3) is 16.1. The van der Waals surface area contributed by atoms with Crippen LogP contribution in [0.5, 0.6) is 23.0 Å². The molecule has 0 spiro atoms. The fourth-order valence-electron chi connectivity index (χ4n) is 7.01. The molecule has 0 aliphatic carbocycles. The van der Waals surface area contributed by atoms with Crippen molar-refractivity contribution in [1.29, 1.82) is 0 Å². The van der Waals surface area contributed by atoms with Gasteiger partial charge in [0.2, 0.25) is 0 Å². The van der Waals surface area contributed by atoms with Gasteiger partial charge in [0, 0.05) is 67.7 Å². The van der Waals surface area contributed by atoms with Crippen LogP contribution in [0.2, 0.25) is 0 Å². The predicted molar refractivity (Wildman–Crippen MR) is 253 cm³/mol. The molecule has 380 valence electrons. The maximum atomic E-state index is 12.4. The number of phenols is 4. The summed E-state index contributed by atoms with van der Waals surface area (Å²) in [5.41, 5.74) is -0.323. The molecule has 0 saturated heterocycles. The van der Waals surface area contributed by atoms with Crippen LogP contribution < -0.4 is 129 Å². The molecule has 32 heteroatoms. The second-order valence-corrected chi connectivity index (χ2v) is 20.7. The molecule has 0 bridgehead atoms. The molecule has 0 aliphatic rings. The molecule has 0 unspecified atom stereocenters. The zero-order valence-corrected chi connectivity index (χ0v) is 52.7. The minimum absolute atomic E-state index is 0. The summed E-state index contributed by atoms with van der Waals surface area (Å²) in [5, 5.41) is 66.0. The van der Waals surface area contributed by atoms with Crippen molar-refractivity contribution in [2.75, 3.05) is 10.6 Å². The van der Waals surface area contributed by atoms with Crippen molar-refractivity contribution < 1.29 is 225 Å². The summed E-state index contributed by atoms with van der Waals surface area (Å²) in [4.78, 5) is -2.45. The number of hydrogen-bond donors (Lipinski definition) is 10. The smallest absolute Gasteiger partial charge is 0.506 e. The van der Waals surface area contributed by atoms with E-state index in [-0.39, 0.29) is 219 Å². The zero-order valence-electron chi connectivity index (χ0n) is 39.6. The number of anilines is 4. The first-order valence-electron chi connectivity index (χ1n) is 19.6. The second kappa shape index (κ2) is 27.4. The normalized spacial score (nSPS) is 11.6. The first-order chi connectivity index (χ1) is 32.8. The number of fused-ring (bicyclic) bond motifs is 2. The Morgan fingerprint density at radius 1 is 0.368 bits per heavy atom. The molecule has 0 heterocycles. The number of nitrogens with one attached hydrogen (secondary N) is 2. The monoisotopic (exact) mass is 1250 g/mol. The van der Waals surface area contributed by atoms with Crippen LogP contribution in [-0.4, -0.2) is 72.3 Å². The fraction of sp³-hybridized carbons (Fsp3) is 0. The molecule has 76 heavy (non-hydrogen) atoms. The number of phenolic OH excluding ortho intramolecular Hbond substituents is 4. The second-order valence-electron chi connectivity index (χ2n) is 15.0. The van der Waals surface area contributed by atoms with E-state index >= 15 is 0 Å². The SMILES string of the molecule is O=S(=O)(O)c1cccc(Nc2ccc3cc(S(=O)(=O)O)c(N=Nc4ccc(-c5ccc(N=Nc6c(S(=O)(=O)O)cc7ccc(Nc8cccc(S(=O)(=O)O)c8)cc7c6O)c(O)c5)cc4O)c(O)c3c2)c1.[Cu].[Cu].[Na+].[Na+].[Na+].[Na+].